The summed E-state index contributed by atoms with van der Waals surface area (Å²) < 4.78 is 29.3. The zero-order valence-corrected chi connectivity index (χ0v) is 26.5. The van der Waals surface area contributed by atoms with Gasteiger partial charge in [0.15, 0.2) is 0 Å². The lowest BCUT2D eigenvalue weighted by molar-refractivity contribution is -0.139. The smallest absolute Gasteiger partial charge is 0.264 e. The van der Waals surface area contributed by atoms with Gasteiger partial charge < -0.3 is 10.2 Å². The number of nitrogens with zero attached hydrogens (tertiary/aromatic N) is 2. The van der Waals surface area contributed by atoms with Crippen LogP contribution in [0, 0.1) is 13.8 Å². The van der Waals surface area contributed by atoms with E-state index in [-0.39, 0.29) is 29.5 Å². The van der Waals surface area contributed by atoms with Crippen molar-refractivity contribution in [2.24, 2.45) is 0 Å². The first kappa shape index (κ1) is 32.1. The molecule has 224 valence electrons. The van der Waals surface area contributed by atoms with Crippen molar-refractivity contribution < 1.29 is 18.0 Å². The van der Waals surface area contributed by atoms with Crippen molar-refractivity contribution in [3.63, 3.8) is 0 Å². The molecule has 0 aliphatic rings. The molecule has 0 unspecified atom stereocenters. The summed E-state index contributed by atoms with van der Waals surface area (Å²) in [5.41, 5.74) is 3.24. The van der Waals surface area contributed by atoms with Crippen molar-refractivity contribution >= 4 is 50.7 Å². The van der Waals surface area contributed by atoms with E-state index in [1.54, 1.807) is 61.5 Å². The Hall–Kier alpha value is -3.85. The highest BCUT2D eigenvalue weighted by atomic mass is 35.5. The van der Waals surface area contributed by atoms with Crippen LogP contribution in [-0.2, 0) is 32.6 Å². The summed E-state index contributed by atoms with van der Waals surface area (Å²) in [4.78, 5) is 29.1. The molecule has 0 aliphatic heterocycles. The lowest BCUT2D eigenvalue weighted by atomic mass is 10.0. The quantitative estimate of drug-likeness (QED) is 0.212. The third kappa shape index (κ3) is 7.76. The van der Waals surface area contributed by atoms with Crippen LogP contribution in [0.2, 0.25) is 10.0 Å². The standard InChI is InChI=1S/C33H33Cl2N3O4S/c1-23-12-18-28(19-13-23)43(41,42)38(30-11-7-10-29(35)24(30)2)22-32(39)37(21-26-14-16-27(34)17-15-26)31(33(40)36-3)20-25-8-5-4-6-9-25/h4-19,31H,20-22H2,1-3H3,(H,36,40)/t31-/m1/s1. The Balaban J connectivity index is 1.81. The molecule has 0 radical (unpaired) electrons. The van der Waals surface area contributed by atoms with Crippen LogP contribution in [0.15, 0.2) is 102 Å². The van der Waals surface area contributed by atoms with Crippen LogP contribution in [0.25, 0.3) is 0 Å². The summed E-state index contributed by atoms with van der Waals surface area (Å²) in [6, 6.07) is 26.7. The van der Waals surface area contributed by atoms with E-state index < -0.39 is 28.5 Å². The number of sulfonamides is 1. The SMILES string of the molecule is CNC(=O)[C@@H](Cc1ccccc1)N(Cc1ccc(Cl)cc1)C(=O)CN(c1cccc(Cl)c1C)S(=O)(=O)c1ccc(C)cc1. The Morgan fingerprint density at radius 1 is 0.814 bits per heavy atom. The molecule has 0 heterocycles. The summed E-state index contributed by atoms with van der Waals surface area (Å²) in [5.74, 6) is -0.937. The number of nitrogens with one attached hydrogen (secondary N) is 1. The minimum absolute atomic E-state index is 0.0293. The van der Waals surface area contributed by atoms with Crippen LogP contribution in [0.3, 0.4) is 0 Å². The Kier molecular flexibility index (Phi) is 10.5. The lowest BCUT2D eigenvalue weighted by Crippen LogP contribution is -2.53. The molecule has 4 rings (SSSR count). The molecule has 0 aliphatic carbocycles. The van der Waals surface area contributed by atoms with Crippen molar-refractivity contribution in [2.45, 2.75) is 37.8 Å². The van der Waals surface area contributed by atoms with Crippen LogP contribution in [0.5, 0.6) is 0 Å². The van der Waals surface area contributed by atoms with Gasteiger partial charge in [-0.1, -0.05) is 89.4 Å². The topological polar surface area (TPSA) is 86.8 Å². The number of aryl methyl sites for hydroxylation is 1. The molecule has 1 N–H and O–H groups in total. The van der Waals surface area contributed by atoms with Gasteiger partial charge in [-0.2, -0.15) is 0 Å². The minimum Gasteiger partial charge on any atom is -0.357 e. The van der Waals surface area contributed by atoms with Gasteiger partial charge in [-0.15, -0.1) is 0 Å². The molecular formula is C33H33Cl2N3O4S. The predicted molar refractivity (Wildman–Crippen MR) is 172 cm³/mol. The fourth-order valence-corrected chi connectivity index (χ4v) is 6.49. The molecule has 2 amide bonds. The van der Waals surface area contributed by atoms with Crippen LogP contribution in [0.1, 0.15) is 22.3 Å². The van der Waals surface area contributed by atoms with E-state index in [0.717, 1.165) is 21.0 Å². The largest absolute Gasteiger partial charge is 0.357 e. The normalized spacial score (nSPS) is 11.9. The first-order chi connectivity index (χ1) is 20.5. The number of carbonyl (C=O) groups excluding carboxylic acids is 2. The Bertz CT molecular complexity index is 1680. The highest BCUT2D eigenvalue weighted by Crippen LogP contribution is 2.31. The molecule has 4 aromatic rings. The number of carbonyl (C=O) groups is 2. The Morgan fingerprint density at radius 2 is 1.47 bits per heavy atom. The molecule has 7 nitrogen and oxygen atoms in total. The zero-order valence-electron chi connectivity index (χ0n) is 24.1. The average molecular weight is 639 g/mol. The molecule has 43 heavy (non-hydrogen) atoms. The van der Waals surface area contributed by atoms with Crippen LogP contribution in [0.4, 0.5) is 5.69 Å². The first-order valence-electron chi connectivity index (χ1n) is 13.6. The second-order valence-electron chi connectivity index (χ2n) is 10.2. The molecule has 0 saturated carbocycles. The van der Waals surface area contributed by atoms with Gasteiger partial charge in [0.25, 0.3) is 10.0 Å². The summed E-state index contributed by atoms with van der Waals surface area (Å²) in [7, 11) is -2.71. The van der Waals surface area contributed by atoms with Gasteiger partial charge in [0.1, 0.15) is 12.6 Å². The third-order valence-electron chi connectivity index (χ3n) is 7.18. The van der Waals surface area contributed by atoms with Gasteiger partial charge in [-0.3, -0.25) is 13.9 Å². The van der Waals surface area contributed by atoms with E-state index >= 15 is 0 Å². The number of rotatable bonds is 11. The lowest BCUT2D eigenvalue weighted by Gasteiger charge is -2.34. The number of hydrogen-bond acceptors (Lipinski definition) is 4. The van der Waals surface area contributed by atoms with Crippen LogP contribution in [-0.4, -0.2) is 44.8 Å². The monoisotopic (exact) mass is 637 g/mol. The van der Waals surface area contributed by atoms with Crippen LogP contribution >= 0.6 is 23.2 Å². The summed E-state index contributed by atoms with van der Waals surface area (Å²) in [6.45, 7) is 3.05. The predicted octanol–water partition coefficient (Wildman–Crippen LogP) is 6.19. The van der Waals surface area contributed by atoms with Gasteiger partial charge in [0.2, 0.25) is 11.8 Å². The molecule has 0 aromatic heterocycles. The number of benzene rings is 4. The van der Waals surface area contributed by atoms with E-state index in [0.29, 0.717) is 15.6 Å². The number of amides is 2. The number of anilines is 1. The maximum Gasteiger partial charge on any atom is 0.264 e. The molecule has 10 heteroatoms. The van der Waals surface area contributed by atoms with Gasteiger partial charge in [-0.05, 0) is 66.9 Å². The van der Waals surface area contributed by atoms with Gasteiger partial charge >= 0.3 is 0 Å². The highest BCUT2D eigenvalue weighted by molar-refractivity contribution is 7.92. The van der Waals surface area contributed by atoms with Gasteiger partial charge in [0, 0.05) is 30.1 Å². The van der Waals surface area contributed by atoms with Crippen molar-refractivity contribution in [3.8, 4) is 0 Å². The number of halogens is 2. The fourth-order valence-electron chi connectivity index (χ4n) is 4.72. The van der Waals surface area contributed by atoms with E-state index in [1.165, 1.54) is 24.1 Å². The summed E-state index contributed by atoms with van der Waals surface area (Å²) >= 11 is 12.5. The number of hydrogen-bond donors (Lipinski definition) is 1. The summed E-state index contributed by atoms with van der Waals surface area (Å²) in [6.07, 6.45) is 0.223. The Morgan fingerprint density at radius 3 is 2.09 bits per heavy atom. The van der Waals surface area contributed by atoms with E-state index in [2.05, 4.69) is 5.32 Å². The molecule has 0 fully saturated rings. The first-order valence-corrected chi connectivity index (χ1v) is 15.8. The summed E-state index contributed by atoms with van der Waals surface area (Å²) in [5, 5.41) is 3.56. The second kappa shape index (κ2) is 14.1. The fraction of sp³-hybridized carbons (Fsp3) is 0.212. The molecule has 4 aromatic carbocycles. The van der Waals surface area contributed by atoms with E-state index in [4.69, 9.17) is 23.2 Å². The third-order valence-corrected chi connectivity index (χ3v) is 9.61. The van der Waals surface area contributed by atoms with Gasteiger partial charge in [-0.25, -0.2) is 8.42 Å². The van der Waals surface area contributed by atoms with Crippen molar-refractivity contribution in [2.75, 3.05) is 17.9 Å². The molecular weight excluding hydrogens is 605 g/mol. The van der Waals surface area contributed by atoms with Crippen molar-refractivity contribution in [1.29, 1.82) is 0 Å². The zero-order chi connectivity index (χ0) is 31.1. The van der Waals surface area contributed by atoms with Gasteiger partial charge in [0.05, 0.1) is 10.6 Å². The second-order valence-corrected chi connectivity index (χ2v) is 12.9. The maximum atomic E-state index is 14.4. The highest BCUT2D eigenvalue weighted by Gasteiger charge is 2.35. The van der Waals surface area contributed by atoms with Crippen molar-refractivity contribution in [3.05, 3.63) is 129 Å². The average Bonchev–Trinajstić information content (AvgIpc) is 3.00. The van der Waals surface area contributed by atoms with E-state index in [9.17, 15) is 18.0 Å². The van der Waals surface area contributed by atoms with E-state index in [1.807, 2.05) is 37.3 Å². The Labute approximate surface area is 263 Å². The van der Waals surface area contributed by atoms with Crippen molar-refractivity contribution in [1.82, 2.24) is 10.2 Å². The molecule has 1 atom stereocenters. The van der Waals surface area contributed by atoms with Crippen LogP contribution < -0.4 is 9.62 Å². The molecule has 0 saturated heterocycles. The molecule has 0 spiro atoms. The maximum absolute atomic E-state index is 14.4. The number of likely N-dealkylation sites (N-methyl/N-ethyl adjacent to an activating group) is 1. The minimum atomic E-state index is -4.22. The molecule has 0 bridgehead atoms.